The Bertz CT molecular complexity index is 966. The van der Waals surface area contributed by atoms with Crippen molar-refractivity contribution in [2.45, 2.75) is 70.6 Å². The number of hydrogen-bond donors (Lipinski definition) is 1. The maximum atomic E-state index is 13.1. The number of ether oxygens (including phenoxy) is 1. The average molecular weight is 448 g/mol. The zero-order valence-electron chi connectivity index (χ0n) is 16.5. The summed E-state index contributed by atoms with van der Waals surface area (Å²) in [6, 6.07) is 5.31. The lowest BCUT2D eigenvalue weighted by Gasteiger charge is -2.35. The molecule has 2 aliphatic rings. The third kappa shape index (κ3) is 3.69. The minimum Gasteiger partial charge on any atom is -0.444 e. The molecule has 1 aliphatic carbocycles. The maximum Gasteiger partial charge on any atom is 0.411 e. The Morgan fingerprint density at radius 3 is 2.79 bits per heavy atom. The topological polar surface area (TPSA) is 75.3 Å². The molecule has 1 aliphatic heterocycles. The molecule has 1 aromatic heterocycles. The van der Waals surface area contributed by atoms with Gasteiger partial charge in [-0.25, -0.2) is 9.78 Å². The zero-order chi connectivity index (χ0) is 20.1. The summed E-state index contributed by atoms with van der Waals surface area (Å²) in [5.41, 5.74) is -0.109. The lowest BCUT2D eigenvalue weighted by atomic mass is 9.85. The fraction of sp³-hybridized carbons (Fsp3) is 0.571. The lowest BCUT2D eigenvalue weighted by molar-refractivity contribution is 0.00945. The SMILES string of the molecule is CC(C)(C)OC(=O)N1C(c2nc3cc(Br)ccc3c(=O)[nH]2)CC2CCCCC21. The van der Waals surface area contributed by atoms with Gasteiger partial charge in [-0.1, -0.05) is 28.8 Å². The van der Waals surface area contributed by atoms with Gasteiger partial charge in [0.15, 0.2) is 0 Å². The lowest BCUT2D eigenvalue weighted by Crippen LogP contribution is -2.43. The van der Waals surface area contributed by atoms with Gasteiger partial charge in [-0.2, -0.15) is 0 Å². The van der Waals surface area contributed by atoms with Crippen LogP contribution in [0.4, 0.5) is 4.79 Å². The molecule has 4 rings (SSSR count). The number of rotatable bonds is 1. The van der Waals surface area contributed by atoms with Crippen molar-refractivity contribution in [2.24, 2.45) is 5.92 Å². The van der Waals surface area contributed by atoms with Gasteiger partial charge in [0.1, 0.15) is 11.4 Å². The first-order valence-corrected chi connectivity index (χ1v) is 10.7. The van der Waals surface area contributed by atoms with Crippen molar-refractivity contribution in [3.05, 3.63) is 38.9 Å². The van der Waals surface area contributed by atoms with E-state index < -0.39 is 5.60 Å². The normalized spacial score (nSPS) is 25.0. The number of nitrogens with one attached hydrogen (secondary N) is 1. The van der Waals surface area contributed by atoms with Gasteiger partial charge in [-0.3, -0.25) is 9.69 Å². The van der Waals surface area contributed by atoms with Crippen molar-refractivity contribution in [3.8, 4) is 0 Å². The van der Waals surface area contributed by atoms with E-state index >= 15 is 0 Å². The maximum absolute atomic E-state index is 13.1. The summed E-state index contributed by atoms with van der Waals surface area (Å²) in [6.07, 6.45) is 4.87. The first-order valence-electron chi connectivity index (χ1n) is 9.94. The van der Waals surface area contributed by atoms with Crippen molar-refractivity contribution in [1.82, 2.24) is 14.9 Å². The standard InChI is InChI=1S/C21H26BrN3O3/c1-21(2,3)28-20(27)25-16-7-5-4-6-12(16)10-17(25)18-23-15-11-13(22)8-9-14(15)19(26)24-18/h8-9,11-12,16-17H,4-7,10H2,1-3H3,(H,23,24,26). The Balaban J connectivity index is 1.76. The summed E-state index contributed by atoms with van der Waals surface area (Å²) in [4.78, 5) is 35.2. The van der Waals surface area contributed by atoms with Crippen molar-refractivity contribution in [2.75, 3.05) is 0 Å². The van der Waals surface area contributed by atoms with Crippen LogP contribution in [0.3, 0.4) is 0 Å². The van der Waals surface area contributed by atoms with Crippen LogP contribution < -0.4 is 5.56 Å². The molecule has 0 spiro atoms. The number of H-pyrrole nitrogens is 1. The van der Waals surface area contributed by atoms with Gasteiger partial charge in [0, 0.05) is 10.5 Å². The van der Waals surface area contributed by atoms with Gasteiger partial charge in [-0.15, -0.1) is 0 Å². The average Bonchev–Trinajstić information content (AvgIpc) is 2.99. The van der Waals surface area contributed by atoms with E-state index in [1.807, 2.05) is 37.8 Å². The molecule has 6 nitrogen and oxygen atoms in total. The second-order valence-electron chi connectivity index (χ2n) is 8.86. The van der Waals surface area contributed by atoms with E-state index in [0.29, 0.717) is 22.6 Å². The highest BCUT2D eigenvalue weighted by atomic mass is 79.9. The molecule has 2 fully saturated rings. The number of benzene rings is 1. The van der Waals surface area contributed by atoms with E-state index in [2.05, 4.69) is 20.9 Å². The third-order valence-corrected chi connectivity index (χ3v) is 6.19. The summed E-state index contributed by atoms with van der Waals surface area (Å²) in [6.45, 7) is 5.63. The van der Waals surface area contributed by atoms with Crippen LogP contribution in [0.25, 0.3) is 10.9 Å². The minimum absolute atomic E-state index is 0.150. The number of nitrogens with zero attached hydrogens (tertiary/aromatic N) is 2. The van der Waals surface area contributed by atoms with Crippen LogP contribution in [0.2, 0.25) is 0 Å². The Labute approximate surface area is 172 Å². The van der Waals surface area contributed by atoms with Crippen molar-refractivity contribution in [3.63, 3.8) is 0 Å². The predicted molar refractivity (Wildman–Crippen MR) is 111 cm³/mol. The largest absolute Gasteiger partial charge is 0.444 e. The van der Waals surface area contributed by atoms with Crippen LogP contribution >= 0.6 is 15.9 Å². The first-order chi connectivity index (χ1) is 13.2. The molecule has 2 heterocycles. The van der Waals surface area contributed by atoms with Crippen molar-refractivity contribution >= 4 is 32.9 Å². The summed E-state index contributed by atoms with van der Waals surface area (Å²) in [5, 5.41) is 0.547. The van der Waals surface area contributed by atoms with E-state index in [-0.39, 0.29) is 23.7 Å². The Kier molecular flexibility index (Phi) is 4.98. The Hall–Kier alpha value is -1.89. The molecule has 1 N–H and O–H groups in total. The molecule has 0 bridgehead atoms. The van der Waals surface area contributed by atoms with Crippen LogP contribution in [0.5, 0.6) is 0 Å². The first kappa shape index (κ1) is 19.4. The number of amides is 1. The second kappa shape index (κ2) is 7.17. The monoisotopic (exact) mass is 447 g/mol. The number of carbonyl (C=O) groups is 1. The highest BCUT2D eigenvalue weighted by Gasteiger charge is 2.47. The number of likely N-dealkylation sites (tertiary alicyclic amines) is 1. The number of halogens is 1. The Morgan fingerprint density at radius 2 is 2.04 bits per heavy atom. The highest BCUT2D eigenvalue weighted by molar-refractivity contribution is 9.10. The van der Waals surface area contributed by atoms with Crippen LogP contribution in [0.15, 0.2) is 27.5 Å². The van der Waals surface area contributed by atoms with E-state index in [9.17, 15) is 9.59 Å². The van der Waals surface area contributed by atoms with E-state index in [4.69, 9.17) is 9.72 Å². The molecule has 3 atom stereocenters. The van der Waals surface area contributed by atoms with Gasteiger partial charge >= 0.3 is 6.09 Å². The van der Waals surface area contributed by atoms with Gasteiger partial charge < -0.3 is 9.72 Å². The highest BCUT2D eigenvalue weighted by Crippen LogP contribution is 2.46. The number of aromatic nitrogens is 2. The number of hydrogen-bond acceptors (Lipinski definition) is 4. The van der Waals surface area contributed by atoms with Crippen molar-refractivity contribution < 1.29 is 9.53 Å². The quantitative estimate of drug-likeness (QED) is 0.672. The summed E-state index contributed by atoms with van der Waals surface area (Å²) in [5.74, 6) is 0.977. The molecular formula is C21H26BrN3O3. The number of aromatic amines is 1. The van der Waals surface area contributed by atoms with Gasteiger partial charge in [-0.05, 0) is 64.2 Å². The molecule has 3 unspecified atom stereocenters. The van der Waals surface area contributed by atoms with Crippen LogP contribution in [0, 0.1) is 5.92 Å². The van der Waals surface area contributed by atoms with Crippen LogP contribution in [0.1, 0.15) is 64.7 Å². The summed E-state index contributed by atoms with van der Waals surface area (Å²) in [7, 11) is 0. The molecule has 0 radical (unpaired) electrons. The summed E-state index contributed by atoms with van der Waals surface area (Å²) >= 11 is 3.45. The zero-order valence-corrected chi connectivity index (χ0v) is 18.1. The summed E-state index contributed by atoms with van der Waals surface area (Å²) < 4.78 is 6.59. The van der Waals surface area contributed by atoms with E-state index in [0.717, 1.165) is 30.2 Å². The molecular weight excluding hydrogens is 422 g/mol. The van der Waals surface area contributed by atoms with Crippen LogP contribution in [-0.2, 0) is 4.74 Å². The van der Waals surface area contributed by atoms with Gasteiger partial charge in [0.05, 0.1) is 16.9 Å². The third-order valence-electron chi connectivity index (χ3n) is 5.69. The number of carbonyl (C=O) groups excluding carboxylic acids is 1. The van der Waals surface area contributed by atoms with E-state index in [1.165, 1.54) is 6.42 Å². The predicted octanol–water partition coefficient (Wildman–Crippen LogP) is 4.93. The Morgan fingerprint density at radius 1 is 1.29 bits per heavy atom. The number of fused-ring (bicyclic) bond motifs is 2. The fourth-order valence-corrected chi connectivity index (χ4v) is 4.92. The minimum atomic E-state index is -0.566. The van der Waals surface area contributed by atoms with E-state index in [1.54, 1.807) is 6.07 Å². The van der Waals surface area contributed by atoms with Gasteiger partial charge in [0.2, 0.25) is 0 Å². The molecule has 1 aromatic carbocycles. The van der Waals surface area contributed by atoms with Crippen LogP contribution in [-0.4, -0.2) is 32.6 Å². The molecule has 1 saturated carbocycles. The van der Waals surface area contributed by atoms with Crippen molar-refractivity contribution in [1.29, 1.82) is 0 Å². The molecule has 150 valence electrons. The molecule has 7 heteroatoms. The molecule has 1 saturated heterocycles. The molecule has 28 heavy (non-hydrogen) atoms. The van der Waals surface area contributed by atoms with Gasteiger partial charge in [0.25, 0.3) is 5.56 Å². The second-order valence-corrected chi connectivity index (χ2v) is 9.78. The molecule has 2 aromatic rings. The molecule has 1 amide bonds. The fourth-order valence-electron chi connectivity index (χ4n) is 4.57. The smallest absolute Gasteiger partial charge is 0.411 e.